The first-order chi connectivity index (χ1) is 42.2. The zero-order valence-corrected chi connectivity index (χ0v) is 45.9. The first-order valence-electron chi connectivity index (χ1n) is 29.0. The van der Waals surface area contributed by atoms with E-state index in [1.165, 1.54) is 21.5 Å². The van der Waals surface area contributed by atoms with Crippen molar-refractivity contribution in [1.29, 1.82) is 5.26 Å². The summed E-state index contributed by atoms with van der Waals surface area (Å²) in [4.78, 5) is 0. The van der Waals surface area contributed by atoms with Gasteiger partial charge in [0.1, 0.15) is 6.07 Å². The molecule has 0 saturated carbocycles. The first kappa shape index (κ1) is 47.0. The largest absolute Gasteiger partial charge is 0.309 e. The van der Waals surface area contributed by atoms with Gasteiger partial charge in [-0.15, -0.1) is 0 Å². The number of aromatic nitrogens is 5. The van der Waals surface area contributed by atoms with Crippen LogP contribution in [0.3, 0.4) is 0 Å². The lowest BCUT2D eigenvalue weighted by molar-refractivity contribution is 1.05. The Morgan fingerprint density at radius 1 is 0.212 bits per heavy atom. The molecule has 0 radical (unpaired) electrons. The maximum absolute atomic E-state index is 12.4. The summed E-state index contributed by atoms with van der Waals surface area (Å²) in [5.74, 6) is 0. The van der Waals surface area contributed by atoms with E-state index >= 15 is 0 Å². The predicted octanol–water partition coefficient (Wildman–Crippen LogP) is 20.4. The highest BCUT2D eigenvalue weighted by Gasteiger charge is 2.34. The molecule has 0 bridgehead atoms. The molecule has 0 N–H and O–H groups in total. The third-order valence-corrected chi connectivity index (χ3v) is 17.9. The van der Waals surface area contributed by atoms with Crippen molar-refractivity contribution in [3.63, 3.8) is 0 Å². The van der Waals surface area contributed by atoms with Crippen LogP contribution in [0, 0.1) is 11.3 Å². The topological polar surface area (TPSA) is 48.4 Å². The summed E-state index contributed by atoms with van der Waals surface area (Å²) in [6, 6.07) is 108. The van der Waals surface area contributed by atoms with Crippen LogP contribution in [0.4, 0.5) is 0 Å². The van der Waals surface area contributed by atoms with E-state index in [1.54, 1.807) is 0 Å². The second kappa shape index (κ2) is 18.2. The maximum Gasteiger partial charge on any atom is 0.101 e. The Bertz CT molecular complexity index is 5300. The summed E-state index contributed by atoms with van der Waals surface area (Å²) in [5.41, 5.74) is 19.8. The van der Waals surface area contributed by atoms with E-state index in [1.807, 2.05) is 0 Å². The molecule has 0 saturated heterocycles. The van der Waals surface area contributed by atoms with Gasteiger partial charge in [0, 0.05) is 76.4 Å². The standard InChI is InChI=1S/C79H48N6/c80-49-64-75(50-23-3-1-4-24-50)77(83-69-39-19-11-31-58(69)59-32-12-20-40-70(59)83)79(78(76(64)51-25-5-2-6-26-51)84-71-41-21-13-33-60(71)61-34-14-22-42-72(61)84)85-73-45-43-52(81-65-35-15-7-27-54(65)55-28-8-16-36-66(55)81)47-62(73)63-48-53(44-46-74(63)85)82-67-37-17-9-29-56(67)57-30-10-18-38-68(57)82/h1-48H. The van der Waals surface area contributed by atoms with E-state index < -0.39 is 0 Å². The molecule has 13 aromatic carbocycles. The summed E-state index contributed by atoms with van der Waals surface area (Å²) in [7, 11) is 0. The van der Waals surface area contributed by atoms with Crippen molar-refractivity contribution in [2.75, 3.05) is 0 Å². The van der Waals surface area contributed by atoms with E-state index in [4.69, 9.17) is 0 Å². The average molecular weight is 1080 g/mol. The minimum Gasteiger partial charge on any atom is -0.309 e. The zero-order valence-electron chi connectivity index (χ0n) is 45.9. The fourth-order valence-corrected chi connectivity index (χ4v) is 14.5. The molecule has 0 unspecified atom stereocenters. The Labute approximate surface area is 488 Å². The van der Waals surface area contributed by atoms with E-state index in [0.717, 1.165) is 138 Å². The maximum atomic E-state index is 12.4. The highest BCUT2D eigenvalue weighted by molar-refractivity contribution is 6.18. The summed E-state index contributed by atoms with van der Waals surface area (Å²) in [6.07, 6.45) is 0. The van der Waals surface area contributed by atoms with Gasteiger partial charge in [0.2, 0.25) is 0 Å². The summed E-state index contributed by atoms with van der Waals surface area (Å²) in [5, 5.41) is 24.0. The molecular weight excluding hydrogens is 1030 g/mol. The molecule has 0 fully saturated rings. The van der Waals surface area contributed by atoms with Crippen molar-refractivity contribution in [2.24, 2.45) is 0 Å². The quantitative estimate of drug-likeness (QED) is 0.157. The van der Waals surface area contributed by atoms with Crippen LogP contribution in [0.2, 0.25) is 0 Å². The smallest absolute Gasteiger partial charge is 0.101 e. The lowest BCUT2D eigenvalue weighted by atomic mass is 9.87. The molecular formula is C79H48N6. The molecule has 18 rings (SSSR count). The molecule has 0 aliphatic carbocycles. The summed E-state index contributed by atoms with van der Waals surface area (Å²) in [6.45, 7) is 0. The van der Waals surface area contributed by atoms with Gasteiger partial charge in [-0.25, -0.2) is 0 Å². The Morgan fingerprint density at radius 2 is 0.447 bits per heavy atom. The van der Waals surface area contributed by atoms with Crippen LogP contribution in [0.1, 0.15) is 5.56 Å². The molecule has 18 aromatic rings. The Kier molecular flexibility index (Phi) is 10.1. The summed E-state index contributed by atoms with van der Waals surface area (Å²) >= 11 is 0. The van der Waals surface area contributed by atoms with Crippen molar-refractivity contribution < 1.29 is 0 Å². The molecule has 394 valence electrons. The van der Waals surface area contributed by atoms with E-state index in [2.05, 4.69) is 320 Å². The van der Waals surface area contributed by atoms with Crippen LogP contribution >= 0.6 is 0 Å². The molecule has 0 spiro atoms. The molecule has 6 heteroatoms. The van der Waals surface area contributed by atoms with Crippen LogP contribution in [-0.2, 0) is 0 Å². The summed E-state index contributed by atoms with van der Waals surface area (Å²) < 4.78 is 12.3. The minimum atomic E-state index is 0.581. The Balaban J connectivity index is 1.11. The number of nitriles is 1. The third-order valence-electron chi connectivity index (χ3n) is 17.9. The van der Waals surface area contributed by atoms with Gasteiger partial charge in [-0.1, -0.05) is 206 Å². The molecule has 85 heavy (non-hydrogen) atoms. The van der Waals surface area contributed by atoms with Crippen LogP contribution in [0.25, 0.3) is 160 Å². The van der Waals surface area contributed by atoms with E-state index in [9.17, 15) is 5.26 Å². The fourth-order valence-electron chi connectivity index (χ4n) is 14.5. The van der Waals surface area contributed by atoms with Crippen molar-refractivity contribution in [3.05, 3.63) is 297 Å². The lowest BCUT2D eigenvalue weighted by Crippen LogP contribution is -2.14. The van der Waals surface area contributed by atoms with Crippen LogP contribution in [0.5, 0.6) is 0 Å². The first-order valence-corrected chi connectivity index (χ1v) is 29.0. The monoisotopic (exact) mass is 1080 g/mol. The van der Waals surface area contributed by atoms with Crippen LogP contribution in [-0.4, -0.2) is 22.8 Å². The number of nitrogens with zero attached hydrogens (tertiary/aromatic N) is 6. The molecule has 0 aliphatic heterocycles. The number of benzene rings is 13. The third kappa shape index (κ3) is 6.63. The lowest BCUT2D eigenvalue weighted by Gasteiger charge is -2.29. The van der Waals surface area contributed by atoms with Gasteiger partial charge in [-0.05, 0) is 96.1 Å². The highest BCUT2D eigenvalue weighted by Crippen LogP contribution is 2.52. The van der Waals surface area contributed by atoms with Crippen molar-refractivity contribution in [2.45, 2.75) is 0 Å². The van der Waals surface area contributed by atoms with Gasteiger partial charge in [-0.2, -0.15) is 5.26 Å². The van der Waals surface area contributed by atoms with Gasteiger partial charge < -0.3 is 22.8 Å². The number of rotatable bonds is 7. The second-order valence-corrected chi connectivity index (χ2v) is 22.2. The van der Waals surface area contributed by atoms with E-state index in [-0.39, 0.29) is 0 Å². The minimum absolute atomic E-state index is 0.581. The number of hydrogen-bond donors (Lipinski definition) is 0. The molecule has 5 heterocycles. The van der Waals surface area contributed by atoms with Crippen molar-refractivity contribution in [3.8, 4) is 56.8 Å². The molecule has 0 amide bonds. The second-order valence-electron chi connectivity index (χ2n) is 22.2. The molecule has 0 aliphatic rings. The Morgan fingerprint density at radius 3 is 0.729 bits per heavy atom. The molecule has 6 nitrogen and oxygen atoms in total. The number of fused-ring (bicyclic) bond motifs is 15. The predicted molar refractivity (Wildman–Crippen MR) is 354 cm³/mol. The normalized spacial score (nSPS) is 12.0. The van der Waals surface area contributed by atoms with Gasteiger partial charge in [0.05, 0.1) is 77.8 Å². The van der Waals surface area contributed by atoms with Crippen molar-refractivity contribution >= 4 is 109 Å². The number of hydrogen-bond acceptors (Lipinski definition) is 1. The Hall–Kier alpha value is -11.7. The highest BCUT2D eigenvalue weighted by atomic mass is 15.1. The van der Waals surface area contributed by atoms with Gasteiger partial charge >= 0.3 is 0 Å². The molecule has 0 atom stereocenters. The van der Waals surface area contributed by atoms with Gasteiger partial charge in [0.25, 0.3) is 0 Å². The van der Waals surface area contributed by atoms with Crippen LogP contribution < -0.4 is 0 Å². The fraction of sp³-hybridized carbons (Fsp3) is 0. The average Bonchev–Trinajstić information content (AvgIpc) is 1.92. The van der Waals surface area contributed by atoms with E-state index in [0.29, 0.717) is 5.56 Å². The van der Waals surface area contributed by atoms with Gasteiger partial charge in [0.15, 0.2) is 0 Å². The zero-order chi connectivity index (χ0) is 55.9. The van der Waals surface area contributed by atoms with Gasteiger partial charge in [-0.3, -0.25) is 0 Å². The van der Waals surface area contributed by atoms with Crippen molar-refractivity contribution in [1.82, 2.24) is 22.8 Å². The number of para-hydroxylation sites is 8. The molecule has 5 aromatic heterocycles. The SMILES string of the molecule is N#Cc1c(-c2ccccc2)c(-n2c3ccccc3c3ccccc32)c(-n2c3ccc(-n4c5ccccc5c5ccccc54)cc3c3cc(-n4c5ccccc5c5ccccc54)ccc32)c(-n2c3ccccc3c3ccccc32)c1-c1ccccc1. The van der Waals surface area contributed by atoms with Crippen LogP contribution in [0.15, 0.2) is 291 Å².